The molecule has 5 heteroatoms. The molecule has 1 aromatic rings. The summed E-state index contributed by atoms with van der Waals surface area (Å²) in [7, 11) is 0. The molecule has 0 bridgehead atoms. The van der Waals surface area contributed by atoms with Crippen molar-refractivity contribution in [3.05, 3.63) is 47.5 Å². The summed E-state index contributed by atoms with van der Waals surface area (Å²) in [5.41, 5.74) is 0.836. The highest BCUT2D eigenvalue weighted by molar-refractivity contribution is 5.89. The van der Waals surface area contributed by atoms with Crippen LogP contribution in [0.4, 0.5) is 0 Å². The number of aliphatic hydroxyl groups is 1. The first-order chi connectivity index (χ1) is 19.5. The van der Waals surface area contributed by atoms with Crippen LogP contribution in [-0.2, 0) is 9.53 Å². The molecular formula is C37H52O5. The van der Waals surface area contributed by atoms with E-state index >= 15 is 0 Å². The first kappa shape index (κ1) is 29.9. The summed E-state index contributed by atoms with van der Waals surface area (Å²) in [4.78, 5) is 26.1. The van der Waals surface area contributed by atoms with Gasteiger partial charge in [-0.15, -0.1) is 0 Å². The van der Waals surface area contributed by atoms with Gasteiger partial charge >= 0.3 is 11.9 Å². The van der Waals surface area contributed by atoms with Crippen molar-refractivity contribution in [3.63, 3.8) is 0 Å². The van der Waals surface area contributed by atoms with Gasteiger partial charge in [-0.3, -0.25) is 4.79 Å². The van der Waals surface area contributed by atoms with Crippen LogP contribution in [0.5, 0.6) is 0 Å². The van der Waals surface area contributed by atoms with Crippen molar-refractivity contribution in [3.8, 4) is 0 Å². The van der Waals surface area contributed by atoms with Crippen molar-refractivity contribution >= 4 is 11.9 Å². The zero-order chi connectivity index (χ0) is 30.5. The number of carbonyl (C=O) groups excluding carboxylic acids is 1. The minimum atomic E-state index is -0.729. The second-order valence-electron chi connectivity index (χ2n) is 17.0. The summed E-state index contributed by atoms with van der Waals surface area (Å²) >= 11 is 0. The minimum Gasteiger partial charge on any atom is -0.481 e. The van der Waals surface area contributed by atoms with Gasteiger partial charge in [0, 0.05) is 0 Å². The lowest BCUT2D eigenvalue weighted by Crippen LogP contribution is -2.67. The third-order valence-electron chi connectivity index (χ3n) is 14.3. The molecule has 0 heterocycles. The van der Waals surface area contributed by atoms with Crippen molar-refractivity contribution in [1.29, 1.82) is 0 Å². The Kier molecular flexibility index (Phi) is 6.71. The fraction of sp³-hybridized carbons (Fsp3) is 0.730. The van der Waals surface area contributed by atoms with E-state index < -0.39 is 29.0 Å². The standard InChI is InChI=1S/C37H52O5/c1-32(2)17-19-37(31(40)41)20-18-35(6)24(25(37)21-32)13-14-28-34(5)22-26(42-30(39)23-11-9-8-10-12-23)29(38)33(3,4)27(34)15-16-36(28,35)7/h8-13,25-29,38H,14-22H2,1-7H3,(H,40,41)/t25-,26-,27-,28+,29-,34-,35+,36+,37-/m0/s1. The second kappa shape index (κ2) is 9.43. The second-order valence-corrected chi connectivity index (χ2v) is 17.0. The van der Waals surface area contributed by atoms with Crippen molar-refractivity contribution in [1.82, 2.24) is 0 Å². The highest BCUT2D eigenvalue weighted by Crippen LogP contribution is 2.75. The Hall–Kier alpha value is -2.14. The number of aliphatic carboxylic acids is 1. The largest absolute Gasteiger partial charge is 0.481 e. The number of aliphatic hydroxyl groups excluding tert-OH is 1. The van der Waals surface area contributed by atoms with E-state index in [9.17, 15) is 19.8 Å². The van der Waals surface area contributed by atoms with Gasteiger partial charge in [-0.25, -0.2) is 4.79 Å². The number of ether oxygens (including phenoxy) is 1. The molecule has 5 aliphatic rings. The molecule has 5 aliphatic carbocycles. The number of allylic oxidation sites excluding steroid dienone is 2. The molecule has 1 aromatic carbocycles. The number of fused-ring (bicyclic) bond motifs is 7. The third-order valence-corrected chi connectivity index (χ3v) is 14.3. The number of hydrogen-bond donors (Lipinski definition) is 2. The van der Waals surface area contributed by atoms with Crippen molar-refractivity contribution in [2.75, 3.05) is 0 Å². The molecular weight excluding hydrogens is 524 g/mol. The lowest BCUT2D eigenvalue weighted by molar-refractivity contribution is -0.231. The number of rotatable bonds is 3. The summed E-state index contributed by atoms with van der Waals surface area (Å²) in [5, 5.41) is 22.3. The van der Waals surface area contributed by atoms with Gasteiger partial charge in [0.05, 0.1) is 17.1 Å². The molecule has 0 saturated heterocycles. The molecule has 0 radical (unpaired) electrons. The van der Waals surface area contributed by atoms with E-state index in [0.717, 1.165) is 51.4 Å². The maximum Gasteiger partial charge on any atom is 0.338 e. The van der Waals surface area contributed by atoms with Gasteiger partial charge in [-0.1, -0.05) is 78.3 Å². The number of esters is 1. The van der Waals surface area contributed by atoms with Gasteiger partial charge in [0.1, 0.15) is 6.10 Å². The first-order valence-corrected chi connectivity index (χ1v) is 16.4. The van der Waals surface area contributed by atoms with Crippen molar-refractivity contribution < 1.29 is 24.5 Å². The predicted molar refractivity (Wildman–Crippen MR) is 164 cm³/mol. The average molecular weight is 577 g/mol. The summed E-state index contributed by atoms with van der Waals surface area (Å²) in [6.45, 7) is 16.3. The Morgan fingerprint density at radius 3 is 2.19 bits per heavy atom. The van der Waals surface area contributed by atoms with Crippen LogP contribution in [0.25, 0.3) is 0 Å². The lowest BCUT2D eigenvalue weighted by atomic mass is 9.33. The van der Waals surface area contributed by atoms with E-state index in [1.165, 1.54) is 5.57 Å². The van der Waals surface area contributed by atoms with E-state index in [2.05, 4.69) is 54.5 Å². The number of carbonyl (C=O) groups is 2. The molecule has 9 atom stereocenters. The maximum atomic E-state index is 13.2. The lowest BCUT2D eigenvalue weighted by Gasteiger charge is -2.71. The van der Waals surface area contributed by atoms with Gasteiger partial charge in [-0.05, 0) is 115 Å². The molecule has 0 unspecified atom stereocenters. The highest BCUT2D eigenvalue weighted by atomic mass is 16.6. The fourth-order valence-electron chi connectivity index (χ4n) is 11.6. The molecule has 0 amide bonds. The average Bonchev–Trinajstić information content (AvgIpc) is 2.92. The number of carboxylic acid groups (broad SMARTS) is 1. The Bertz CT molecular complexity index is 1300. The van der Waals surface area contributed by atoms with Crippen LogP contribution in [0, 0.1) is 50.2 Å². The van der Waals surface area contributed by atoms with E-state index in [4.69, 9.17) is 4.74 Å². The van der Waals surface area contributed by atoms with E-state index in [1.54, 1.807) is 12.1 Å². The summed E-state index contributed by atoms with van der Waals surface area (Å²) in [6.07, 6.45) is 9.20. The smallest absolute Gasteiger partial charge is 0.338 e. The SMILES string of the molecule is CC1(C)CC[C@]2(C(=O)O)CC[C@]3(C)C(=CC[C@@H]4[C@@]5(C)C[C@H](OC(=O)c6ccccc6)[C@H](O)C(C)(C)[C@@H]5CC[C@]43C)[C@@H]2C1. The fourth-order valence-corrected chi connectivity index (χ4v) is 11.6. The van der Waals surface area contributed by atoms with Crippen LogP contribution < -0.4 is 0 Å². The zero-order valence-corrected chi connectivity index (χ0v) is 26.8. The Labute approximate surface area is 252 Å². The normalized spacial score (nSPS) is 45.2. The molecule has 0 aliphatic heterocycles. The molecule has 230 valence electrons. The number of hydrogen-bond acceptors (Lipinski definition) is 4. The van der Waals surface area contributed by atoms with Gasteiger partial charge in [0.25, 0.3) is 0 Å². The molecule has 4 saturated carbocycles. The predicted octanol–water partition coefficient (Wildman–Crippen LogP) is 8.07. The zero-order valence-electron chi connectivity index (χ0n) is 26.8. The summed E-state index contributed by atoms with van der Waals surface area (Å²) < 4.78 is 6.15. The van der Waals surface area contributed by atoms with Crippen LogP contribution in [0.2, 0.25) is 0 Å². The topological polar surface area (TPSA) is 83.8 Å². The molecule has 4 fully saturated rings. The van der Waals surface area contributed by atoms with Gasteiger partial charge < -0.3 is 14.9 Å². The quantitative estimate of drug-likeness (QED) is 0.281. The monoisotopic (exact) mass is 576 g/mol. The Morgan fingerprint density at radius 1 is 0.857 bits per heavy atom. The third kappa shape index (κ3) is 3.97. The number of benzene rings is 1. The van der Waals surface area contributed by atoms with Crippen LogP contribution in [0.3, 0.4) is 0 Å². The minimum absolute atomic E-state index is 0.000940. The Balaban J connectivity index is 1.38. The molecule has 42 heavy (non-hydrogen) atoms. The number of carboxylic acids is 1. The van der Waals surface area contributed by atoms with Crippen LogP contribution in [0.15, 0.2) is 42.0 Å². The van der Waals surface area contributed by atoms with Crippen LogP contribution in [0.1, 0.15) is 117 Å². The molecule has 2 N–H and O–H groups in total. The van der Waals surface area contributed by atoms with Crippen molar-refractivity contribution in [2.45, 2.75) is 118 Å². The van der Waals surface area contributed by atoms with Crippen molar-refractivity contribution in [2.24, 2.45) is 50.2 Å². The molecule has 0 spiro atoms. The van der Waals surface area contributed by atoms with Crippen LogP contribution >= 0.6 is 0 Å². The van der Waals surface area contributed by atoms with Gasteiger partial charge in [-0.2, -0.15) is 0 Å². The maximum absolute atomic E-state index is 13.2. The Morgan fingerprint density at radius 2 is 1.52 bits per heavy atom. The summed E-state index contributed by atoms with van der Waals surface area (Å²) in [6, 6.07) is 9.10. The first-order valence-electron chi connectivity index (χ1n) is 16.4. The molecule has 0 aromatic heterocycles. The summed E-state index contributed by atoms with van der Waals surface area (Å²) in [5.74, 6) is -0.217. The highest BCUT2D eigenvalue weighted by Gasteiger charge is 2.70. The van der Waals surface area contributed by atoms with Gasteiger partial charge in [0.15, 0.2) is 0 Å². The van der Waals surface area contributed by atoms with Crippen LogP contribution in [-0.4, -0.2) is 34.4 Å². The van der Waals surface area contributed by atoms with E-state index in [1.807, 2.05) is 18.2 Å². The van der Waals surface area contributed by atoms with E-state index in [0.29, 0.717) is 23.8 Å². The molecule has 6 rings (SSSR count). The molecule has 5 nitrogen and oxygen atoms in total. The van der Waals surface area contributed by atoms with E-state index in [-0.39, 0.29) is 33.5 Å². The van der Waals surface area contributed by atoms with Gasteiger partial charge in [0.2, 0.25) is 0 Å².